The summed E-state index contributed by atoms with van der Waals surface area (Å²) in [7, 11) is 1.78. The summed E-state index contributed by atoms with van der Waals surface area (Å²) in [6.07, 6.45) is 2.71. The molecule has 1 unspecified atom stereocenters. The van der Waals surface area contributed by atoms with Gasteiger partial charge in [0, 0.05) is 24.9 Å². The molecular formula is C18H18FN7O. The summed E-state index contributed by atoms with van der Waals surface area (Å²) in [6, 6.07) is 10.1. The number of likely N-dealkylation sites (N-methyl/N-ethyl adjacent to an activating group) is 1. The number of nitrogens with zero attached hydrogens (tertiary/aromatic N) is 4. The van der Waals surface area contributed by atoms with Crippen molar-refractivity contribution in [1.82, 2.24) is 25.6 Å². The Labute approximate surface area is 154 Å². The Kier molecular flexibility index (Phi) is 4.43. The van der Waals surface area contributed by atoms with E-state index in [2.05, 4.69) is 25.9 Å². The molecule has 9 heteroatoms. The zero-order valence-electron chi connectivity index (χ0n) is 14.6. The standard InChI is InChI=1S/C18H18FN7O/c1-21-15-9-22-18(23-17(15)20)14-8-16(13-6-7-27-25-13)26(24-14)10-11-4-2-3-5-12(11)19/h2-9,17,21H,10,20H2,1H3,(H,22,23). The van der Waals surface area contributed by atoms with Gasteiger partial charge in [-0.25, -0.2) is 9.38 Å². The normalized spacial score (nSPS) is 16.5. The van der Waals surface area contributed by atoms with Gasteiger partial charge < -0.3 is 20.9 Å². The van der Waals surface area contributed by atoms with Crippen molar-refractivity contribution in [2.75, 3.05) is 7.05 Å². The Hall–Kier alpha value is -3.46. The Morgan fingerprint density at radius 2 is 2.15 bits per heavy atom. The van der Waals surface area contributed by atoms with Gasteiger partial charge in [0.2, 0.25) is 0 Å². The number of nitrogens with one attached hydrogen (secondary N) is 2. The molecule has 4 rings (SSSR count). The summed E-state index contributed by atoms with van der Waals surface area (Å²) >= 11 is 0. The maximum atomic E-state index is 14.1. The van der Waals surface area contributed by atoms with Gasteiger partial charge in [-0.05, 0) is 12.1 Å². The quantitative estimate of drug-likeness (QED) is 0.630. The van der Waals surface area contributed by atoms with Gasteiger partial charge in [0.1, 0.15) is 29.6 Å². The number of hydrogen-bond donors (Lipinski definition) is 3. The molecule has 0 radical (unpaired) electrons. The van der Waals surface area contributed by atoms with Crippen LogP contribution in [0.4, 0.5) is 4.39 Å². The highest BCUT2D eigenvalue weighted by Crippen LogP contribution is 2.21. The number of rotatable bonds is 5. The monoisotopic (exact) mass is 367 g/mol. The lowest BCUT2D eigenvalue weighted by molar-refractivity contribution is 0.421. The van der Waals surface area contributed by atoms with Gasteiger partial charge in [0.25, 0.3) is 0 Å². The van der Waals surface area contributed by atoms with Crippen molar-refractivity contribution >= 4 is 5.84 Å². The number of aliphatic imine (C=N–C) groups is 1. The van der Waals surface area contributed by atoms with Crippen molar-refractivity contribution in [3.63, 3.8) is 0 Å². The molecule has 1 aromatic carbocycles. The average molecular weight is 367 g/mol. The van der Waals surface area contributed by atoms with E-state index >= 15 is 0 Å². The fourth-order valence-corrected chi connectivity index (χ4v) is 2.83. The summed E-state index contributed by atoms with van der Waals surface area (Å²) in [5.74, 6) is 0.232. The Balaban J connectivity index is 1.72. The topological polar surface area (TPSA) is 106 Å². The lowest BCUT2D eigenvalue weighted by Crippen LogP contribution is -2.37. The molecule has 4 N–H and O–H groups in total. The molecule has 1 atom stereocenters. The fraction of sp³-hybridized carbons (Fsp3) is 0.167. The first-order chi connectivity index (χ1) is 13.2. The van der Waals surface area contributed by atoms with Crippen LogP contribution in [0.5, 0.6) is 0 Å². The lowest BCUT2D eigenvalue weighted by atomic mass is 10.2. The highest BCUT2D eigenvalue weighted by Gasteiger charge is 2.20. The van der Waals surface area contributed by atoms with Gasteiger partial charge in [-0.15, -0.1) is 0 Å². The minimum Gasteiger partial charge on any atom is -0.387 e. The number of halogens is 1. The van der Waals surface area contributed by atoms with Crippen LogP contribution in [-0.4, -0.2) is 34.0 Å². The van der Waals surface area contributed by atoms with E-state index in [0.29, 0.717) is 28.5 Å². The molecule has 0 aliphatic carbocycles. The predicted molar refractivity (Wildman–Crippen MR) is 98.0 cm³/mol. The van der Waals surface area contributed by atoms with Gasteiger partial charge in [0.15, 0.2) is 5.84 Å². The third-order valence-electron chi connectivity index (χ3n) is 4.24. The summed E-state index contributed by atoms with van der Waals surface area (Å²) in [6.45, 7) is 0.242. The molecule has 0 spiro atoms. The van der Waals surface area contributed by atoms with Gasteiger partial charge in [-0.3, -0.25) is 4.68 Å². The number of aromatic nitrogens is 3. The van der Waals surface area contributed by atoms with E-state index in [-0.39, 0.29) is 12.4 Å². The number of nitrogens with two attached hydrogens (primary N) is 1. The van der Waals surface area contributed by atoms with Crippen molar-refractivity contribution in [2.24, 2.45) is 10.7 Å². The summed E-state index contributed by atoms with van der Waals surface area (Å²) < 4.78 is 20.7. The van der Waals surface area contributed by atoms with E-state index in [1.54, 1.807) is 42.2 Å². The second kappa shape index (κ2) is 7.04. The lowest BCUT2D eigenvalue weighted by Gasteiger charge is -2.18. The highest BCUT2D eigenvalue weighted by molar-refractivity contribution is 5.99. The average Bonchev–Trinajstić information content (AvgIpc) is 3.33. The third-order valence-corrected chi connectivity index (χ3v) is 4.24. The Morgan fingerprint density at radius 3 is 2.85 bits per heavy atom. The van der Waals surface area contributed by atoms with Crippen molar-refractivity contribution in [3.05, 3.63) is 71.6 Å². The fourth-order valence-electron chi connectivity index (χ4n) is 2.83. The van der Waals surface area contributed by atoms with Crippen LogP contribution in [0, 0.1) is 5.82 Å². The molecule has 3 heterocycles. The van der Waals surface area contributed by atoms with Crippen LogP contribution in [0.2, 0.25) is 0 Å². The molecule has 0 fully saturated rings. The number of amidine groups is 1. The van der Waals surface area contributed by atoms with E-state index in [1.807, 2.05) is 6.07 Å². The molecule has 1 aliphatic rings. The summed E-state index contributed by atoms with van der Waals surface area (Å²) in [4.78, 5) is 4.42. The largest absolute Gasteiger partial charge is 0.387 e. The predicted octanol–water partition coefficient (Wildman–Crippen LogP) is 1.42. The van der Waals surface area contributed by atoms with Crippen LogP contribution >= 0.6 is 0 Å². The Bertz CT molecular complexity index is 1010. The Morgan fingerprint density at radius 1 is 1.30 bits per heavy atom. The maximum Gasteiger partial charge on any atom is 0.155 e. The molecule has 0 amide bonds. The second-order valence-corrected chi connectivity index (χ2v) is 5.97. The zero-order chi connectivity index (χ0) is 18.8. The van der Waals surface area contributed by atoms with E-state index in [9.17, 15) is 4.39 Å². The molecule has 3 aromatic rings. The molecular weight excluding hydrogens is 349 g/mol. The van der Waals surface area contributed by atoms with E-state index < -0.39 is 6.17 Å². The first-order valence-corrected chi connectivity index (χ1v) is 8.36. The molecule has 8 nitrogen and oxygen atoms in total. The maximum absolute atomic E-state index is 14.1. The van der Waals surface area contributed by atoms with E-state index in [0.717, 1.165) is 5.70 Å². The number of hydrogen-bond acceptors (Lipinski definition) is 7. The molecule has 138 valence electrons. The molecule has 0 saturated carbocycles. The summed E-state index contributed by atoms with van der Waals surface area (Å²) in [5.41, 5.74) is 9.17. The van der Waals surface area contributed by atoms with Crippen LogP contribution in [-0.2, 0) is 6.54 Å². The minimum absolute atomic E-state index is 0.242. The van der Waals surface area contributed by atoms with Gasteiger partial charge in [-0.1, -0.05) is 23.4 Å². The van der Waals surface area contributed by atoms with Crippen LogP contribution < -0.4 is 16.4 Å². The van der Waals surface area contributed by atoms with Gasteiger partial charge in [-0.2, -0.15) is 5.10 Å². The van der Waals surface area contributed by atoms with E-state index in [1.165, 1.54) is 12.3 Å². The SMILES string of the molecule is CNC1=CNC(c2cc(-c3ccon3)n(Cc3ccccc3F)n2)=NC1N. The van der Waals surface area contributed by atoms with Crippen molar-refractivity contribution in [2.45, 2.75) is 12.7 Å². The first kappa shape index (κ1) is 17.0. The smallest absolute Gasteiger partial charge is 0.155 e. The molecule has 0 bridgehead atoms. The van der Waals surface area contributed by atoms with Crippen molar-refractivity contribution in [3.8, 4) is 11.4 Å². The third kappa shape index (κ3) is 3.32. The first-order valence-electron chi connectivity index (χ1n) is 8.36. The van der Waals surface area contributed by atoms with Crippen molar-refractivity contribution < 1.29 is 8.91 Å². The van der Waals surface area contributed by atoms with Crippen LogP contribution in [0.1, 0.15) is 11.3 Å². The van der Waals surface area contributed by atoms with Crippen LogP contribution in [0.3, 0.4) is 0 Å². The minimum atomic E-state index is -0.515. The van der Waals surface area contributed by atoms with Crippen LogP contribution in [0.15, 0.2) is 64.1 Å². The van der Waals surface area contributed by atoms with Crippen LogP contribution in [0.25, 0.3) is 11.4 Å². The molecule has 27 heavy (non-hydrogen) atoms. The molecule has 1 aliphatic heterocycles. The molecule has 0 saturated heterocycles. The zero-order valence-corrected chi connectivity index (χ0v) is 14.6. The van der Waals surface area contributed by atoms with E-state index in [4.69, 9.17) is 10.3 Å². The summed E-state index contributed by atoms with van der Waals surface area (Å²) in [5, 5.41) is 14.6. The second-order valence-electron chi connectivity index (χ2n) is 5.97. The van der Waals surface area contributed by atoms with Gasteiger partial charge in [0.05, 0.1) is 17.9 Å². The molecule has 2 aromatic heterocycles. The highest BCUT2D eigenvalue weighted by atomic mass is 19.1. The number of benzene rings is 1. The van der Waals surface area contributed by atoms with Crippen molar-refractivity contribution in [1.29, 1.82) is 0 Å². The van der Waals surface area contributed by atoms with Gasteiger partial charge >= 0.3 is 0 Å².